The second-order valence-electron chi connectivity index (χ2n) is 12.8. The molecule has 1 aliphatic rings. The minimum Gasteiger partial charge on any atom is -0.444 e. The average molecular weight is 618 g/mol. The lowest BCUT2D eigenvalue weighted by molar-refractivity contribution is -0.132. The van der Waals surface area contributed by atoms with Crippen molar-refractivity contribution in [2.75, 3.05) is 26.2 Å². The van der Waals surface area contributed by atoms with E-state index in [-0.39, 0.29) is 24.9 Å². The summed E-state index contributed by atoms with van der Waals surface area (Å²) in [6.45, 7) is 6.52. The zero-order valence-electron chi connectivity index (χ0n) is 26.9. The van der Waals surface area contributed by atoms with Gasteiger partial charge in [0, 0.05) is 26.2 Å². The number of benzene rings is 4. The molecule has 46 heavy (non-hydrogen) atoms. The predicted octanol–water partition coefficient (Wildman–Crippen LogP) is 6.52. The number of rotatable bonds is 10. The SMILES string of the molecule is CC(C)(C)OC(=O)N1C[C@H](C(=O)NCCc2ccc(-c3ccccc3)cc2)[C@@H](C(=O)NCCc2ccc(-c3ccccc3)cc2)C1. The molecule has 0 unspecified atom stereocenters. The van der Waals surface area contributed by atoms with Crippen molar-refractivity contribution in [3.63, 3.8) is 0 Å². The molecule has 0 saturated carbocycles. The monoisotopic (exact) mass is 617 g/mol. The number of hydrogen-bond donors (Lipinski definition) is 2. The van der Waals surface area contributed by atoms with E-state index in [2.05, 4.69) is 83.4 Å². The fourth-order valence-electron chi connectivity index (χ4n) is 5.72. The number of likely N-dealkylation sites (tertiary alicyclic amines) is 1. The van der Waals surface area contributed by atoms with Gasteiger partial charge in [0.2, 0.25) is 11.8 Å². The smallest absolute Gasteiger partial charge is 0.410 e. The first-order valence-electron chi connectivity index (χ1n) is 16.0. The highest BCUT2D eigenvalue weighted by atomic mass is 16.6. The van der Waals surface area contributed by atoms with Crippen LogP contribution in [0.3, 0.4) is 0 Å². The number of carbonyl (C=O) groups is 3. The zero-order valence-corrected chi connectivity index (χ0v) is 26.9. The van der Waals surface area contributed by atoms with Gasteiger partial charge in [-0.25, -0.2) is 4.79 Å². The van der Waals surface area contributed by atoms with Gasteiger partial charge in [-0.05, 0) is 67.0 Å². The standard InChI is InChI=1S/C39H43N3O4/c1-39(2,3)46-38(45)42-26-34(36(43)40-24-22-28-14-18-32(19-15-28)30-10-6-4-7-11-30)35(27-42)37(44)41-25-23-29-16-20-33(21-17-29)31-12-8-5-9-13-31/h4-21,34-35H,22-27H2,1-3H3,(H,40,43)(H,41,44)/t34-,35-/m0/s1. The number of carbonyl (C=O) groups excluding carboxylic acids is 3. The van der Waals surface area contributed by atoms with Gasteiger partial charge >= 0.3 is 6.09 Å². The lowest BCUT2D eigenvalue weighted by atomic mass is 9.94. The lowest BCUT2D eigenvalue weighted by Gasteiger charge is -2.24. The van der Waals surface area contributed by atoms with Gasteiger partial charge < -0.3 is 20.3 Å². The molecule has 2 atom stereocenters. The molecular weight excluding hydrogens is 574 g/mol. The summed E-state index contributed by atoms with van der Waals surface area (Å²) < 4.78 is 5.56. The molecule has 3 amide bonds. The van der Waals surface area contributed by atoms with E-state index in [1.807, 2.05) is 36.4 Å². The number of ether oxygens (including phenoxy) is 1. The molecule has 7 nitrogen and oxygen atoms in total. The molecule has 1 aliphatic heterocycles. The maximum Gasteiger partial charge on any atom is 0.410 e. The van der Waals surface area contributed by atoms with Gasteiger partial charge in [0.1, 0.15) is 5.60 Å². The van der Waals surface area contributed by atoms with E-state index < -0.39 is 23.5 Å². The summed E-state index contributed by atoms with van der Waals surface area (Å²) in [4.78, 5) is 41.2. The number of nitrogens with one attached hydrogen (secondary N) is 2. The van der Waals surface area contributed by atoms with Crippen LogP contribution in [0.15, 0.2) is 109 Å². The van der Waals surface area contributed by atoms with E-state index >= 15 is 0 Å². The molecule has 1 fully saturated rings. The third-order valence-electron chi connectivity index (χ3n) is 8.19. The largest absolute Gasteiger partial charge is 0.444 e. The first-order valence-corrected chi connectivity index (χ1v) is 16.0. The first kappa shape index (κ1) is 32.5. The minimum absolute atomic E-state index is 0.131. The van der Waals surface area contributed by atoms with Crippen LogP contribution < -0.4 is 10.6 Å². The fraction of sp³-hybridized carbons (Fsp3) is 0.308. The zero-order chi connectivity index (χ0) is 32.5. The Kier molecular flexibility index (Phi) is 10.5. The Morgan fingerprint density at radius 2 is 0.978 bits per heavy atom. The van der Waals surface area contributed by atoms with Gasteiger partial charge in [-0.2, -0.15) is 0 Å². The number of hydrogen-bond acceptors (Lipinski definition) is 4. The van der Waals surface area contributed by atoms with Crippen LogP contribution in [0.5, 0.6) is 0 Å². The van der Waals surface area contributed by atoms with Gasteiger partial charge in [0.15, 0.2) is 0 Å². The molecular formula is C39H43N3O4. The van der Waals surface area contributed by atoms with Crippen molar-refractivity contribution in [3.05, 3.63) is 120 Å². The summed E-state index contributed by atoms with van der Waals surface area (Å²) in [5, 5.41) is 6.03. The molecule has 7 heteroatoms. The highest BCUT2D eigenvalue weighted by molar-refractivity contribution is 5.90. The summed E-state index contributed by atoms with van der Waals surface area (Å²) in [6, 6.07) is 37.0. The van der Waals surface area contributed by atoms with E-state index in [9.17, 15) is 14.4 Å². The van der Waals surface area contributed by atoms with Crippen molar-refractivity contribution in [3.8, 4) is 22.3 Å². The molecule has 1 saturated heterocycles. The van der Waals surface area contributed by atoms with Crippen LogP contribution in [0, 0.1) is 11.8 Å². The second-order valence-corrected chi connectivity index (χ2v) is 12.8. The summed E-state index contributed by atoms with van der Waals surface area (Å²) in [7, 11) is 0. The molecule has 4 aromatic carbocycles. The molecule has 0 bridgehead atoms. The summed E-state index contributed by atoms with van der Waals surface area (Å²) >= 11 is 0. The van der Waals surface area contributed by atoms with Gasteiger partial charge in [-0.3, -0.25) is 9.59 Å². The van der Waals surface area contributed by atoms with Crippen molar-refractivity contribution in [1.29, 1.82) is 0 Å². The highest BCUT2D eigenvalue weighted by Crippen LogP contribution is 2.26. The van der Waals surface area contributed by atoms with Gasteiger partial charge in [-0.1, -0.05) is 109 Å². The molecule has 0 aliphatic carbocycles. The van der Waals surface area contributed by atoms with Gasteiger partial charge in [0.05, 0.1) is 11.8 Å². The molecule has 238 valence electrons. The minimum atomic E-state index is -0.679. The Morgan fingerprint density at radius 1 is 0.609 bits per heavy atom. The quantitative estimate of drug-likeness (QED) is 0.212. The Hall–Kier alpha value is -4.91. The van der Waals surface area contributed by atoms with Crippen LogP contribution in [0.2, 0.25) is 0 Å². The normalized spacial score (nSPS) is 16.1. The molecule has 0 spiro atoms. The topological polar surface area (TPSA) is 87.7 Å². The summed E-state index contributed by atoms with van der Waals surface area (Å²) in [5.41, 5.74) is 6.12. The Morgan fingerprint density at radius 3 is 1.35 bits per heavy atom. The van der Waals surface area contributed by atoms with Crippen LogP contribution >= 0.6 is 0 Å². The number of nitrogens with zero attached hydrogens (tertiary/aromatic N) is 1. The molecule has 1 heterocycles. The third-order valence-corrected chi connectivity index (χ3v) is 8.19. The molecule has 2 N–H and O–H groups in total. The lowest BCUT2D eigenvalue weighted by Crippen LogP contribution is -2.42. The van der Waals surface area contributed by atoms with E-state index in [1.54, 1.807) is 20.8 Å². The second kappa shape index (κ2) is 14.9. The Labute approximate surface area is 272 Å². The van der Waals surface area contributed by atoms with Gasteiger partial charge in [0.25, 0.3) is 0 Å². The van der Waals surface area contributed by atoms with Crippen LogP contribution in [-0.4, -0.2) is 54.6 Å². The van der Waals surface area contributed by atoms with Crippen LogP contribution in [-0.2, 0) is 27.2 Å². The van der Waals surface area contributed by atoms with Crippen molar-refractivity contribution in [2.45, 2.75) is 39.2 Å². The van der Waals surface area contributed by atoms with E-state index in [1.165, 1.54) is 4.90 Å². The first-order chi connectivity index (χ1) is 22.2. The van der Waals surface area contributed by atoms with Crippen molar-refractivity contribution < 1.29 is 19.1 Å². The molecule has 0 aromatic heterocycles. The van der Waals surface area contributed by atoms with Crippen molar-refractivity contribution >= 4 is 17.9 Å². The maximum absolute atomic E-state index is 13.4. The summed E-state index contributed by atoms with van der Waals surface area (Å²) in [5.74, 6) is -1.80. The van der Waals surface area contributed by atoms with E-state index in [4.69, 9.17) is 4.74 Å². The van der Waals surface area contributed by atoms with Crippen molar-refractivity contribution in [2.24, 2.45) is 11.8 Å². The maximum atomic E-state index is 13.4. The molecule has 4 aromatic rings. The summed E-state index contributed by atoms with van der Waals surface area (Å²) in [6.07, 6.45) is 0.796. The fourth-order valence-corrected chi connectivity index (χ4v) is 5.72. The van der Waals surface area contributed by atoms with Gasteiger partial charge in [-0.15, -0.1) is 0 Å². The van der Waals surface area contributed by atoms with E-state index in [0.717, 1.165) is 33.4 Å². The van der Waals surface area contributed by atoms with Crippen LogP contribution in [0.4, 0.5) is 4.79 Å². The van der Waals surface area contributed by atoms with Crippen LogP contribution in [0.1, 0.15) is 31.9 Å². The average Bonchev–Trinajstić information content (AvgIpc) is 3.52. The number of amides is 3. The Balaban J connectivity index is 1.16. The predicted molar refractivity (Wildman–Crippen MR) is 182 cm³/mol. The molecule has 5 rings (SSSR count). The van der Waals surface area contributed by atoms with Crippen molar-refractivity contribution in [1.82, 2.24) is 15.5 Å². The third kappa shape index (κ3) is 8.84. The van der Waals surface area contributed by atoms with E-state index in [0.29, 0.717) is 25.9 Å². The Bertz CT molecular complexity index is 1490. The molecule has 0 radical (unpaired) electrons. The van der Waals surface area contributed by atoms with Crippen LogP contribution in [0.25, 0.3) is 22.3 Å². The highest BCUT2D eigenvalue weighted by Gasteiger charge is 2.44.